The lowest BCUT2D eigenvalue weighted by Crippen LogP contribution is -2.11. The first-order valence-corrected chi connectivity index (χ1v) is 4.89. The summed E-state index contributed by atoms with van der Waals surface area (Å²) >= 11 is 0. The van der Waals surface area contributed by atoms with Crippen LogP contribution in [0.3, 0.4) is 0 Å². The lowest BCUT2D eigenvalue weighted by atomic mass is 10.0. The molecular formula is C11H15NO2. The number of aliphatic hydroxyl groups is 1. The average Bonchev–Trinajstić information content (AvgIpc) is 2.84. The Kier molecular flexibility index (Phi) is 2.54. The molecule has 1 aromatic carbocycles. The van der Waals surface area contributed by atoms with Gasteiger partial charge in [0.25, 0.3) is 0 Å². The Morgan fingerprint density at radius 2 is 2.00 bits per heavy atom. The quantitative estimate of drug-likeness (QED) is 0.630. The van der Waals surface area contributed by atoms with E-state index in [1.165, 1.54) is 0 Å². The highest BCUT2D eigenvalue weighted by atomic mass is 16.5. The highest BCUT2D eigenvalue weighted by Gasteiger charge is 2.39. The number of nitrogens with one attached hydrogen (secondary N) is 1. The second-order valence-corrected chi connectivity index (χ2v) is 4.06. The van der Waals surface area contributed by atoms with Crippen molar-refractivity contribution in [3.8, 4) is 0 Å². The van der Waals surface area contributed by atoms with Crippen molar-refractivity contribution in [3.05, 3.63) is 35.4 Å². The first kappa shape index (κ1) is 9.65. The molecule has 0 saturated heterocycles. The van der Waals surface area contributed by atoms with Crippen molar-refractivity contribution in [1.82, 2.24) is 5.48 Å². The Balaban J connectivity index is 2.06. The molecule has 1 aliphatic rings. The maximum absolute atomic E-state index is 9.74. The van der Waals surface area contributed by atoms with Crippen molar-refractivity contribution in [3.63, 3.8) is 0 Å². The number of benzene rings is 1. The minimum absolute atomic E-state index is 0.439. The van der Waals surface area contributed by atoms with Crippen LogP contribution in [0, 0.1) is 0 Å². The van der Waals surface area contributed by atoms with Gasteiger partial charge in [0.15, 0.2) is 0 Å². The third kappa shape index (κ3) is 2.32. The molecule has 1 fully saturated rings. The standard InChI is InChI=1S/C11H15NO2/c13-11(4-5-11)7-9-2-1-3-10(6-9)8-12-14/h1-3,6,12-14H,4-5,7-8H2. The zero-order valence-electron chi connectivity index (χ0n) is 8.03. The molecule has 0 unspecified atom stereocenters. The Hall–Kier alpha value is -0.900. The van der Waals surface area contributed by atoms with Crippen LogP contribution in [-0.4, -0.2) is 15.9 Å². The number of hydroxylamine groups is 1. The van der Waals surface area contributed by atoms with Crippen molar-refractivity contribution in [1.29, 1.82) is 0 Å². The molecule has 3 heteroatoms. The fourth-order valence-electron chi connectivity index (χ4n) is 1.64. The van der Waals surface area contributed by atoms with E-state index in [1.807, 2.05) is 24.3 Å². The summed E-state index contributed by atoms with van der Waals surface area (Å²) in [5.74, 6) is 0. The smallest absolute Gasteiger partial charge is 0.0690 e. The van der Waals surface area contributed by atoms with Gasteiger partial charge >= 0.3 is 0 Å². The van der Waals surface area contributed by atoms with E-state index in [1.54, 1.807) is 0 Å². The summed E-state index contributed by atoms with van der Waals surface area (Å²) in [6.07, 6.45) is 2.55. The maximum atomic E-state index is 9.74. The zero-order chi connectivity index (χ0) is 10.0. The van der Waals surface area contributed by atoms with Crippen LogP contribution >= 0.6 is 0 Å². The van der Waals surface area contributed by atoms with Crippen LogP contribution in [0.1, 0.15) is 24.0 Å². The number of hydrogen-bond acceptors (Lipinski definition) is 3. The van der Waals surface area contributed by atoms with Gasteiger partial charge in [-0.2, -0.15) is 0 Å². The Morgan fingerprint density at radius 3 is 2.64 bits per heavy atom. The minimum Gasteiger partial charge on any atom is -0.390 e. The topological polar surface area (TPSA) is 52.5 Å². The SMILES string of the molecule is ONCc1cccc(CC2(O)CC2)c1. The van der Waals surface area contributed by atoms with Gasteiger partial charge < -0.3 is 10.3 Å². The van der Waals surface area contributed by atoms with Gasteiger partial charge in [0.1, 0.15) is 0 Å². The van der Waals surface area contributed by atoms with E-state index >= 15 is 0 Å². The molecule has 0 spiro atoms. The summed E-state index contributed by atoms with van der Waals surface area (Å²) in [7, 11) is 0. The molecule has 3 N–H and O–H groups in total. The van der Waals surface area contributed by atoms with Gasteiger partial charge in [0.05, 0.1) is 5.60 Å². The normalized spacial score (nSPS) is 18.1. The van der Waals surface area contributed by atoms with Gasteiger partial charge in [0.2, 0.25) is 0 Å². The lowest BCUT2D eigenvalue weighted by molar-refractivity contribution is 0.151. The molecule has 0 heterocycles. The molecule has 3 nitrogen and oxygen atoms in total. The van der Waals surface area contributed by atoms with E-state index in [2.05, 4.69) is 5.48 Å². The molecule has 14 heavy (non-hydrogen) atoms. The highest BCUT2D eigenvalue weighted by molar-refractivity contribution is 5.25. The molecule has 76 valence electrons. The Morgan fingerprint density at radius 1 is 1.29 bits per heavy atom. The fourth-order valence-corrected chi connectivity index (χ4v) is 1.64. The van der Waals surface area contributed by atoms with Gasteiger partial charge in [-0.1, -0.05) is 24.3 Å². The summed E-state index contributed by atoms with van der Waals surface area (Å²) in [6.45, 7) is 0.451. The van der Waals surface area contributed by atoms with E-state index in [0.717, 1.165) is 30.4 Å². The molecule has 0 aliphatic heterocycles. The van der Waals surface area contributed by atoms with Crippen LogP contribution in [0.25, 0.3) is 0 Å². The molecule has 1 aliphatic carbocycles. The van der Waals surface area contributed by atoms with Gasteiger partial charge in [-0.25, -0.2) is 5.48 Å². The van der Waals surface area contributed by atoms with E-state index in [9.17, 15) is 5.11 Å². The largest absolute Gasteiger partial charge is 0.390 e. The molecule has 1 saturated carbocycles. The number of hydrogen-bond donors (Lipinski definition) is 3. The van der Waals surface area contributed by atoms with E-state index in [0.29, 0.717) is 6.54 Å². The minimum atomic E-state index is -0.439. The number of rotatable bonds is 4. The van der Waals surface area contributed by atoms with Crippen molar-refractivity contribution in [2.45, 2.75) is 31.4 Å². The monoisotopic (exact) mass is 193 g/mol. The third-order valence-electron chi connectivity index (χ3n) is 2.63. The maximum Gasteiger partial charge on any atom is 0.0690 e. The van der Waals surface area contributed by atoms with Crippen LogP contribution in [0.5, 0.6) is 0 Å². The fraction of sp³-hybridized carbons (Fsp3) is 0.455. The first-order chi connectivity index (χ1) is 6.72. The summed E-state index contributed by atoms with van der Waals surface area (Å²) < 4.78 is 0. The first-order valence-electron chi connectivity index (χ1n) is 4.89. The van der Waals surface area contributed by atoms with Gasteiger partial charge in [-0.3, -0.25) is 0 Å². The van der Waals surface area contributed by atoms with Crippen LogP contribution in [0.15, 0.2) is 24.3 Å². The van der Waals surface area contributed by atoms with Crippen LogP contribution in [0.4, 0.5) is 0 Å². The summed E-state index contributed by atoms with van der Waals surface area (Å²) in [5.41, 5.74) is 3.86. The van der Waals surface area contributed by atoms with Gasteiger partial charge in [0, 0.05) is 13.0 Å². The molecule has 2 rings (SSSR count). The second kappa shape index (κ2) is 3.69. The summed E-state index contributed by atoms with van der Waals surface area (Å²) in [6, 6.07) is 7.92. The van der Waals surface area contributed by atoms with Crippen LogP contribution in [-0.2, 0) is 13.0 Å². The van der Waals surface area contributed by atoms with Crippen LogP contribution in [0.2, 0.25) is 0 Å². The van der Waals surface area contributed by atoms with E-state index in [-0.39, 0.29) is 0 Å². The molecule has 0 atom stereocenters. The third-order valence-corrected chi connectivity index (χ3v) is 2.63. The summed E-state index contributed by atoms with van der Waals surface area (Å²) in [5, 5.41) is 18.3. The Labute approximate surface area is 83.3 Å². The van der Waals surface area contributed by atoms with Crippen molar-refractivity contribution in [2.75, 3.05) is 0 Å². The molecule has 0 aromatic heterocycles. The van der Waals surface area contributed by atoms with Gasteiger partial charge in [-0.15, -0.1) is 0 Å². The van der Waals surface area contributed by atoms with Crippen LogP contribution < -0.4 is 5.48 Å². The zero-order valence-corrected chi connectivity index (χ0v) is 8.03. The van der Waals surface area contributed by atoms with E-state index < -0.39 is 5.60 Å². The van der Waals surface area contributed by atoms with Crippen molar-refractivity contribution in [2.24, 2.45) is 0 Å². The molecule has 0 radical (unpaired) electrons. The lowest BCUT2D eigenvalue weighted by Gasteiger charge is -2.08. The highest BCUT2D eigenvalue weighted by Crippen LogP contribution is 2.38. The molecular weight excluding hydrogens is 178 g/mol. The van der Waals surface area contributed by atoms with Crippen molar-refractivity contribution >= 4 is 0 Å². The Bertz CT molecular complexity index is 321. The summed E-state index contributed by atoms with van der Waals surface area (Å²) in [4.78, 5) is 0. The average molecular weight is 193 g/mol. The molecule has 0 bridgehead atoms. The predicted octanol–water partition coefficient (Wildman–Crippen LogP) is 1.23. The van der Waals surface area contributed by atoms with Gasteiger partial charge in [-0.05, 0) is 24.0 Å². The van der Waals surface area contributed by atoms with E-state index in [4.69, 9.17) is 5.21 Å². The molecule has 1 aromatic rings. The molecule has 0 amide bonds. The predicted molar refractivity (Wildman–Crippen MR) is 53.0 cm³/mol. The second-order valence-electron chi connectivity index (χ2n) is 4.06. The van der Waals surface area contributed by atoms with Crippen molar-refractivity contribution < 1.29 is 10.3 Å².